The highest BCUT2D eigenvalue weighted by atomic mass is 16.3. The third-order valence-corrected chi connectivity index (χ3v) is 4.16. The van der Waals surface area contributed by atoms with Crippen molar-refractivity contribution in [2.75, 3.05) is 13.2 Å². The first kappa shape index (κ1) is 13.3. The molecule has 0 spiro atoms. The van der Waals surface area contributed by atoms with Gasteiger partial charge < -0.3 is 10.4 Å². The molecule has 1 aliphatic rings. The van der Waals surface area contributed by atoms with Gasteiger partial charge in [-0.1, -0.05) is 54.6 Å². The lowest BCUT2D eigenvalue weighted by molar-refractivity contribution is 0.238. The highest BCUT2D eigenvalue weighted by molar-refractivity contribution is 5.40. The highest BCUT2D eigenvalue weighted by Crippen LogP contribution is 2.34. The average Bonchev–Trinajstić information content (AvgIpc) is 2.48. The maximum Gasteiger partial charge on any atom is 0.0587 e. The molecule has 0 amide bonds. The van der Waals surface area contributed by atoms with Crippen molar-refractivity contribution in [2.45, 2.75) is 24.8 Å². The van der Waals surface area contributed by atoms with Gasteiger partial charge in [-0.05, 0) is 29.5 Å². The topological polar surface area (TPSA) is 32.3 Å². The van der Waals surface area contributed by atoms with Crippen molar-refractivity contribution in [2.24, 2.45) is 0 Å². The Balaban J connectivity index is 1.53. The molecular weight excluding hydrogens is 246 g/mol. The lowest BCUT2D eigenvalue weighted by atomic mass is 9.77. The summed E-state index contributed by atoms with van der Waals surface area (Å²) in [6.45, 7) is 1.14. The van der Waals surface area contributed by atoms with Crippen LogP contribution in [0.25, 0.3) is 0 Å². The number of aliphatic hydroxyl groups excluding tert-OH is 1. The molecule has 3 rings (SSSR count). The van der Waals surface area contributed by atoms with E-state index < -0.39 is 0 Å². The number of rotatable bonds is 6. The SMILES string of the molecule is OCC(Cc1ccccc1)NCC1Cc2ccccc21. The minimum Gasteiger partial charge on any atom is -0.395 e. The van der Waals surface area contributed by atoms with Crippen LogP contribution >= 0.6 is 0 Å². The Hall–Kier alpha value is -1.64. The van der Waals surface area contributed by atoms with Crippen LogP contribution in [0, 0.1) is 0 Å². The summed E-state index contributed by atoms with van der Waals surface area (Å²) in [6, 6.07) is 19.1. The van der Waals surface area contributed by atoms with Gasteiger partial charge in [-0.2, -0.15) is 0 Å². The van der Waals surface area contributed by atoms with Gasteiger partial charge in [-0.3, -0.25) is 0 Å². The number of nitrogens with one attached hydrogen (secondary N) is 1. The summed E-state index contributed by atoms with van der Waals surface area (Å²) in [5.74, 6) is 0.607. The maximum atomic E-state index is 9.52. The van der Waals surface area contributed by atoms with Gasteiger partial charge in [0.05, 0.1) is 6.61 Å². The minimum atomic E-state index is 0.144. The van der Waals surface area contributed by atoms with Crippen molar-refractivity contribution < 1.29 is 5.11 Å². The van der Waals surface area contributed by atoms with Gasteiger partial charge in [0, 0.05) is 18.5 Å². The van der Waals surface area contributed by atoms with Gasteiger partial charge >= 0.3 is 0 Å². The number of fused-ring (bicyclic) bond motifs is 1. The summed E-state index contributed by atoms with van der Waals surface area (Å²) in [5, 5.41) is 13.0. The molecule has 2 unspecified atom stereocenters. The predicted octanol–water partition coefficient (Wildman–Crippen LogP) is 2.52. The van der Waals surface area contributed by atoms with Gasteiger partial charge in [0.25, 0.3) is 0 Å². The quantitative estimate of drug-likeness (QED) is 0.843. The summed E-state index contributed by atoms with van der Waals surface area (Å²) in [7, 11) is 0. The first-order valence-electron chi connectivity index (χ1n) is 7.33. The summed E-state index contributed by atoms with van der Waals surface area (Å²) in [5.41, 5.74) is 4.22. The molecule has 0 aliphatic heterocycles. The average molecular weight is 267 g/mol. The summed E-state index contributed by atoms with van der Waals surface area (Å²) < 4.78 is 0. The van der Waals surface area contributed by atoms with Crippen molar-refractivity contribution in [3.8, 4) is 0 Å². The van der Waals surface area contributed by atoms with Crippen LogP contribution in [0.5, 0.6) is 0 Å². The fourth-order valence-electron chi connectivity index (χ4n) is 2.95. The molecule has 2 aromatic rings. The van der Waals surface area contributed by atoms with Crippen LogP contribution in [-0.4, -0.2) is 24.3 Å². The van der Waals surface area contributed by atoms with E-state index in [1.807, 2.05) is 18.2 Å². The highest BCUT2D eigenvalue weighted by Gasteiger charge is 2.25. The lowest BCUT2D eigenvalue weighted by Gasteiger charge is -2.31. The van der Waals surface area contributed by atoms with E-state index in [1.165, 1.54) is 16.7 Å². The van der Waals surface area contributed by atoms with E-state index in [2.05, 4.69) is 41.7 Å². The Bertz CT molecular complexity index is 552. The number of hydrogen-bond donors (Lipinski definition) is 2. The molecule has 1 aliphatic carbocycles. The van der Waals surface area contributed by atoms with E-state index in [1.54, 1.807) is 0 Å². The standard InChI is InChI=1S/C18H21NO/c20-13-17(10-14-6-2-1-3-7-14)19-12-16-11-15-8-4-5-9-18(15)16/h1-9,16-17,19-20H,10-13H2. The monoisotopic (exact) mass is 267 g/mol. The van der Waals surface area contributed by atoms with Crippen LogP contribution < -0.4 is 5.32 Å². The second kappa shape index (κ2) is 6.21. The van der Waals surface area contributed by atoms with Crippen LogP contribution in [0.3, 0.4) is 0 Å². The van der Waals surface area contributed by atoms with Gasteiger partial charge in [0.15, 0.2) is 0 Å². The van der Waals surface area contributed by atoms with E-state index in [-0.39, 0.29) is 12.6 Å². The van der Waals surface area contributed by atoms with Crippen LogP contribution in [0.2, 0.25) is 0 Å². The molecule has 0 heterocycles. The Kier molecular flexibility index (Phi) is 4.14. The van der Waals surface area contributed by atoms with Crippen LogP contribution in [-0.2, 0) is 12.8 Å². The summed E-state index contributed by atoms with van der Waals surface area (Å²) >= 11 is 0. The first-order valence-corrected chi connectivity index (χ1v) is 7.33. The molecule has 0 saturated heterocycles. The predicted molar refractivity (Wildman–Crippen MR) is 81.9 cm³/mol. The van der Waals surface area contributed by atoms with Crippen molar-refractivity contribution >= 4 is 0 Å². The molecule has 2 atom stereocenters. The Morgan fingerprint density at radius 1 is 1.05 bits per heavy atom. The molecule has 2 aromatic carbocycles. The molecule has 2 nitrogen and oxygen atoms in total. The third-order valence-electron chi connectivity index (χ3n) is 4.16. The van der Waals surface area contributed by atoms with Crippen LogP contribution in [0.1, 0.15) is 22.6 Å². The number of aliphatic hydroxyl groups is 1. The molecule has 20 heavy (non-hydrogen) atoms. The minimum absolute atomic E-state index is 0.144. The van der Waals surface area contributed by atoms with Gasteiger partial charge in [0.1, 0.15) is 0 Å². The Morgan fingerprint density at radius 2 is 1.80 bits per heavy atom. The lowest BCUT2D eigenvalue weighted by Crippen LogP contribution is -2.39. The van der Waals surface area contributed by atoms with Gasteiger partial charge in [-0.15, -0.1) is 0 Å². The van der Waals surface area contributed by atoms with Crippen LogP contribution in [0.15, 0.2) is 54.6 Å². The Morgan fingerprint density at radius 3 is 2.55 bits per heavy atom. The first-order chi connectivity index (χ1) is 9.86. The maximum absolute atomic E-state index is 9.52. The number of hydrogen-bond acceptors (Lipinski definition) is 2. The second-order valence-corrected chi connectivity index (χ2v) is 5.58. The smallest absolute Gasteiger partial charge is 0.0587 e. The molecule has 0 radical (unpaired) electrons. The second-order valence-electron chi connectivity index (χ2n) is 5.58. The van der Waals surface area contributed by atoms with Crippen LogP contribution in [0.4, 0.5) is 0 Å². The molecule has 0 bridgehead atoms. The van der Waals surface area contributed by atoms with E-state index >= 15 is 0 Å². The van der Waals surface area contributed by atoms with Gasteiger partial charge in [-0.25, -0.2) is 0 Å². The molecule has 0 saturated carbocycles. The molecule has 2 heteroatoms. The fraction of sp³-hybridized carbons (Fsp3) is 0.333. The van der Waals surface area contributed by atoms with E-state index in [4.69, 9.17) is 0 Å². The zero-order valence-electron chi connectivity index (χ0n) is 11.6. The number of benzene rings is 2. The van der Waals surface area contributed by atoms with Crippen molar-refractivity contribution in [1.29, 1.82) is 0 Å². The summed E-state index contributed by atoms with van der Waals surface area (Å²) in [4.78, 5) is 0. The molecule has 104 valence electrons. The summed E-state index contributed by atoms with van der Waals surface area (Å²) in [6.07, 6.45) is 2.04. The van der Waals surface area contributed by atoms with Crippen molar-refractivity contribution in [3.05, 3.63) is 71.3 Å². The normalized spacial score (nSPS) is 18.1. The van der Waals surface area contributed by atoms with Crippen molar-refractivity contribution in [1.82, 2.24) is 5.32 Å². The van der Waals surface area contributed by atoms with E-state index in [0.29, 0.717) is 5.92 Å². The molecule has 2 N–H and O–H groups in total. The zero-order chi connectivity index (χ0) is 13.8. The molecule has 0 fully saturated rings. The largest absolute Gasteiger partial charge is 0.395 e. The van der Waals surface area contributed by atoms with E-state index in [0.717, 1.165) is 19.4 Å². The van der Waals surface area contributed by atoms with Gasteiger partial charge in [0.2, 0.25) is 0 Å². The molecule has 0 aromatic heterocycles. The fourth-order valence-corrected chi connectivity index (χ4v) is 2.95. The van der Waals surface area contributed by atoms with Crippen molar-refractivity contribution in [3.63, 3.8) is 0 Å². The third kappa shape index (κ3) is 2.92. The Labute approximate surface area is 120 Å². The molecular formula is C18H21NO. The van der Waals surface area contributed by atoms with E-state index in [9.17, 15) is 5.11 Å². The zero-order valence-corrected chi connectivity index (χ0v) is 11.6.